The van der Waals surface area contributed by atoms with Crippen LogP contribution in [0.2, 0.25) is 0 Å². The minimum absolute atomic E-state index is 0.542. The van der Waals surface area contributed by atoms with Crippen molar-refractivity contribution in [3.05, 3.63) is 29.6 Å². The maximum Gasteiger partial charge on any atom is 0.106 e. The fourth-order valence-electron chi connectivity index (χ4n) is 3.40. The highest BCUT2D eigenvalue weighted by Crippen LogP contribution is 2.20. The van der Waals surface area contributed by atoms with Crippen LogP contribution in [-0.2, 0) is 13.5 Å². The Balaban J connectivity index is 1.70. The van der Waals surface area contributed by atoms with Crippen LogP contribution in [0.15, 0.2) is 18.2 Å². The van der Waals surface area contributed by atoms with Crippen molar-refractivity contribution in [2.24, 2.45) is 7.05 Å². The van der Waals surface area contributed by atoms with E-state index in [1.54, 1.807) is 0 Å². The molecule has 1 fully saturated rings. The van der Waals surface area contributed by atoms with Crippen LogP contribution in [0.25, 0.3) is 11.0 Å². The van der Waals surface area contributed by atoms with Crippen LogP contribution >= 0.6 is 0 Å². The van der Waals surface area contributed by atoms with Gasteiger partial charge in [0.25, 0.3) is 0 Å². The zero-order valence-electron chi connectivity index (χ0n) is 12.8. The van der Waals surface area contributed by atoms with Crippen molar-refractivity contribution in [2.45, 2.75) is 58.0 Å². The number of rotatable bonds is 4. The summed E-state index contributed by atoms with van der Waals surface area (Å²) in [7, 11) is 2.08. The highest BCUT2D eigenvalue weighted by Gasteiger charge is 2.17. The second-order valence-corrected chi connectivity index (χ2v) is 6.29. The predicted octanol–water partition coefficient (Wildman–Crippen LogP) is 3.34. The summed E-state index contributed by atoms with van der Waals surface area (Å²) in [4.78, 5) is 4.63. The number of nitrogens with one attached hydrogen (secondary N) is 1. The molecule has 1 aromatic carbocycles. The lowest BCUT2D eigenvalue weighted by Crippen LogP contribution is -2.35. The average molecular weight is 271 g/mol. The minimum Gasteiger partial charge on any atom is -0.331 e. The second-order valence-electron chi connectivity index (χ2n) is 6.29. The van der Waals surface area contributed by atoms with Crippen LogP contribution in [0.1, 0.15) is 44.0 Å². The zero-order chi connectivity index (χ0) is 14.1. The van der Waals surface area contributed by atoms with E-state index in [1.807, 2.05) is 0 Å². The van der Waals surface area contributed by atoms with Crippen LogP contribution in [0.5, 0.6) is 0 Å². The number of aromatic nitrogens is 2. The van der Waals surface area contributed by atoms with Gasteiger partial charge in [0.1, 0.15) is 5.82 Å². The summed E-state index contributed by atoms with van der Waals surface area (Å²) in [6, 6.07) is 7.98. The van der Waals surface area contributed by atoms with Crippen molar-refractivity contribution in [1.82, 2.24) is 14.9 Å². The van der Waals surface area contributed by atoms with E-state index in [-0.39, 0.29) is 0 Å². The monoisotopic (exact) mass is 271 g/mol. The summed E-state index contributed by atoms with van der Waals surface area (Å²) >= 11 is 0. The Hall–Kier alpha value is -1.35. The predicted molar refractivity (Wildman–Crippen MR) is 84.0 cm³/mol. The first-order chi connectivity index (χ1) is 9.63. The fraction of sp³-hybridized carbons (Fsp3) is 0.588. The van der Waals surface area contributed by atoms with Gasteiger partial charge >= 0.3 is 0 Å². The Kier molecular flexibility index (Phi) is 3.79. The topological polar surface area (TPSA) is 29.9 Å². The number of aryl methyl sites for hydroxylation is 2. The molecule has 1 N–H and O–H groups in total. The van der Waals surface area contributed by atoms with Gasteiger partial charge < -0.3 is 9.88 Å². The Morgan fingerprint density at radius 2 is 2.10 bits per heavy atom. The highest BCUT2D eigenvalue weighted by molar-refractivity contribution is 5.76. The quantitative estimate of drug-likeness (QED) is 0.924. The van der Waals surface area contributed by atoms with Crippen LogP contribution in [0, 0.1) is 6.92 Å². The molecule has 108 valence electrons. The summed E-state index contributed by atoms with van der Waals surface area (Å²) in [6.07, 6.45) is 6.57. The number of hydrogen-bond acceptors (Lipinski definition) is 2. The van der Waals surface area contributed by atoms with Crippen molar-refractivity contribution >= 4 is 11.0 Å². The second kappa shape index (κ2) is 5.57. The Morgan fingerprint density at radius 3 is 2.85 bits per heavy atom. The third kappa shape index (κ3) is 2.73. The summed E-state index contributed by atoms with van der Waals surface area (Å²) in [5.41, 5.74) is 3.73. The molecule has 0 spiro atoms. The summed E-state index contributed by atoms with van der Waals surface area (Å²) in [6.45, 7) is 4.36. The summed E-state index contributed by atoms with van der Waals surface area (Å²) < 4.78 is 2.15. The molecule has 0 bridgehead atoms. The van der Waals surface area contributed by atoms with Gasteiger partial charge in [-0.15, -0.1) is 0 Å². The smallest absolute Gasteiger partial charge is 0.106 e. The molecule has 1 saturated carbocycles. The lowest BCUT2D eigenvalue weighted by atomic mass is 10.1. The SMILES string of the molecule is Cc1nc2cc(CC(C)NC3CCCC3)ccc2n1C. The molecule has 1 atom stereocenters. The Morgan fingerprint density at radius 1 is 1.35 bits per heavy atom. The van der Waals surface area contributed by atoms with E-state index in [9.17, 15) is 0 Å². The Labute approximate surface area is 121 Å². The molecule has 2 aromatic rings. The van der Waals surface area contributed by atoms with Gasteiger partial charge in [0.05, 0.1) is 11.0 Å². The van der Waals surface area contributed by atoms with Gasteiger partial charge in [0.15, 0.2) is 0 Å². The van der Waals surface area contributed by atoms with Crippen molar-refractivity contribution in [1.29, 1.82) is 0 Å². The number of imidazole rings is 1. The minimum atomic E-state index is 0.542. The van der Waals surface area contributed by atoms with Crippen LogP contribution in [0.3, 0.4) is 0 Å². The summed E-state index contributed by atoms with van der Waals surface area (Å²) in [5, 5.41) is 3.77. The lowest BCUT2D eigenvalue weighted by molar-refractivity contribution is 0.448. The number of fused-ring (bicyclic) bond motifs is 1. The zero-order valence-corrected chi connectivity index (χ0v) is 12.8. The molecule has 20 heavy (non-hydrogen) atoms. The van der Waals surface area contributed by atoms with E-state index in [1.165, 1.54) is 36.8 Å². The normalized spacial score (nSPS) is 17.9. The van der Waals surface area contributed by atoms with Gasteiger partial charge in [-0.25, -0.2) is 4.98 Å². The molecule has 1 aliphatic rings. The van der Waals surface area contributed by atoms with Crippen molar-refractivity contribution in [3.63, 3.8) is 0 Å². The van der Waals surface area contributed by atoms with E-state index in [4.69, 9.17) is 0 Å². The van der Waals surface area contributed by atoms with Gasteiger partial charge in [-0.2, -0.15) is 0 Å². The molecule has 0 saturated heterocycles. The Bertz CT molecular complexity index is 594. The first-order valence-electron chi connectivity index (χ1n) is 7.81. The first kappa shape index (κ1) is 13.6. The maximum atomic E-state index is 4.63. The molecular formula is C17H25N3. The van der Waals surface area contributed by atoms with E-state index < -0.39 is 0 Å². The lowest BCUT2D eigenvalue weighted by Gasteiger charge is -2.19. The molecule has 3 heteroatoms. The largest absolute Gasteiger partial charge is 0.331 e. The third-order valence-electron chi connectivity index (χ3n) is 4.59. The third-order valence-corrected chi connectivity index (χ3v) is 4.59. The molecule has 1 unspecified atom stereocenters. The molecule has 0 radical (unpaired) electrons. The van der Waals surface area contributed by atoms with Gasteiger partial charge in [-0.3, -0.25) is 0 Å². The van der Waals surface area contributed by atoms with E-state index in [0.29, 0.717) is 6.04 Å². The maximum absolute atomic E-state index is 4.63. The van der Waals surface area contributed by atoms with Gasteiger partial charge in [0, 0.05) is 19.1 Å². The molecule has 0 amide bonds. The van der Waals surface area contributed by atoms with Gasteiger partial charge in [-0.05, 0) is 50.8 Å². The molecule has 0 aliphatic heterocycles. The number of nitrogens with zero attached hydrogens (tertiary/aromatic N) is 2. The van der Waals surface area contributed by atoms with Crippen LogP contribution < -0.4 is 5.32 Å². The molecule has 3 nitrogen and oxygen atoms in total. The standard InChI is InChI=1S/C17H25N3/c1-12(18-15-6-4-5-7-15)10-14-8-9-17-16(11-14)19-13(2)20(17)3/h8-9,11-12,15,18H,4-7,10H2,1-3H3. The number of hydrogen-bond donors (Lipinski definition) is 1. The molecule has 1 aromatic heterocycles. The molecule has 1 aliphatic carbocycles. The molecule has 1 heterocycles. The summed E-state index contributed by atoms with van der Waals surface area (Å²) in [5.74, 6) is 1.08. The number of benzene rings is 1. The van der Waals surface area contributed by atoms with Crippen molar-refractivity contribution in [3.8, 4) is 0 Å². The van der Waals surface area contributed by atoms with Crippen molar-refractivity contribution in [2.75, 3.05) is 0 Å². The van der Waals surface area contributed by atoms with Gasteiger partial charge in [-0.1, -0.05) is 18.9 Å². The van der Waals surface area contributed by atoms with Gasteiger partial charge in [0.2, 0.25) is 0 Å². The molecule has 3 rings (SSSR count). The van der Waals surface area contributed by atoms with E-state index in [2.05, 4.69) is 54.0 Å². The first-order valence-corrected chi connectivity index (χ1v) is 7.81. The van der Waals surface area contributed by atoms with Crippen molar-refractivity contribution < 1.29 is 0 Å². The average Bonchev–Trinajstić information content (AvgIpc) is 2.99. The highest BCUT2D eigenvalue weighted by atomic mass is 15.0. The van der Waals surface area contributed by atoms with Crippen LogP contribution in [-0.4, -0.2) is 21.6 Å². The molecular weight excluding hydrogens is 246 g/mol. The van der Waals surface area contributed by atoms with E-state index >= 15 is 0 Å². The van der Waals surface area contributed by atoms with E-state index in [0.717, 1.165) is 23.8 Å². The fourth-order valence-corrected chi connectivity index (χ4v) is 3.40. The van der Waals surface area contributed by atoms with Crippen LogP contribution in [0.4, 0.5) is 0 Å².